The van der Waals surface area contributed by atoms with Gasteiger partial charge in [0.25, 0.3) is 0 Å². The molecule has 0 radical (unpaired) electrons. The molecule has 1 N–H and O–H groups in total. The van der Waals surface area contributed by atoms with Gasteiger partial charge in [0, 0.05) is 36.3 Å². The van der Waals surface area contributed by atoms with E-state index in [0.29, 0.717) is 25.5 Å². The van der Waals surface area contributed by atoms with Crippen LogP contribution < -0.4 is 5.32 Å². The van der Waals surface area contributed by atoms with Gasteiger partial charge in [-0.2, -0.15) is 16.1 Å². The number of thioether (sulfide) groups is 1. The lowest BCUT2D eigenvalue weighted by Crippen LogP contribution is -2.46. The number of nitrogens with zero attached hydrogens (tertiary/aromatic N) is 2. The predicted octanol–water partition coefficient (Wildman–Crippen LogP) is 2.42. The monoisotopic (exact) mass is 329 g/mol. The van der Waals surface area contributed by atoms with Crippen molar-refractivity contribution in [3.8, 4) is 0 Å². The molecule has 1 aromatic rings. The van der Waals surface area contributed by atoms with Gasteiger partial charge in [0.05, 0.1) is 0 Å². The van der Waals surface area contributed by atoms with Crippen molar-refractivity contribution in [2.45, 2.75) is 36.8 Å². The van der Waals surface area contributed by atoms with Gasteiger partial charge in [-0.3, -0.25) is 0 Å². The average Bonchev–Trinajstić information content (AvgIpc) is 2.44. The summed E-state index contributed by atoms with van der Waals surface area (Å²) in [4.78, 5) is 4.47. The van der Waals surface area contributed by atoms with E-state index in [1.165, 1.54) is 0 Å². The molecule has 21 heavy (non-hydrogen) atoms. The van der Waals surface area contributed by atoms with Gasteiger partial charge >= 0.3 is 0 Å². The summed E-state index contributed by atoms with van der Waals surface area (Å²) < 4.78 is 27.3. The molecule has 118 valence electrons. The molecule has 1 aliphatic rings. The zero-order chi connectivity index (χ0) is 15.5. The molecule has 1 saturated heterocycles. The molecule has 0 unspecified atom stereocenters. The van der Waals surface area contributed by atoms with Crippen molar-refractivity contribution in [2.24, 2.45) is 0 Å². The predicted molar refractivity (Wildman–Crippen MR) is 88.3 cm³/mol. The molecule has 0 amide bonds. The molecule has 1 aromatic heterocycles. The van der Waals surface area contributed by atoms with Gasteiger partial charge < -0.3 is 5.32 Å². The zero-order valence-electron chi connectivity index (χ0n) is 12.8. The molecule has 0 saturated carbocycles. The topological polar surface area (TPSA) is 62.3 Å². The van der Waals surface area contributed by atoms with Crippen molar-refractivity contribution in [3.63, 3.8) is 0 Å². The average molecular weight is 329 g/mol. The Hall–Kier alpha value is -0.790. The third-order valence-electron chi connectivity index (χ3n) is 3.32. The van der Waals surface area contributed by atoms with Crippen molar-refractivity contribution in [2.75, 3.05) is 30.7 Å². The Bertz CT molecular complexity index is 588. The molecule has 0 atom stereocenters. The van der Waals surface area contributed by atoms with Crippen LogP contribution >= 0.6 is 11.8 Å². The summed E-state index contributed by atoms with van der Waals surface area (Å²) in [5, 5.41) is 3.11. The van der Waals surface area contributed by atoms with E-state index < -0.39 is 10.0 Å². The summed E-state index contributed by atoms with van der Waals surface area (Å²) in [6.07, 6.45) is 2.54. The van der Waals surface area contributed by atoms with E-state index in [2.05, 4.69) is 24.1 Å². The molecule has 2 heterocycles. The van der Waals surface area contributed by atoms with E-state index in [1.54, 1.807) is 22.6 Å². The SMILES string of the molecule is CCCNc1ncccc1S(=O)(=O)N1CCSC(C)(C)C1. The number of anilines is 1. The molecule has 5 nitrogen and oxygen atoms in total. The van der Waals surface area contributed by atoms with E-state index in [0.717, 1.165) is 12.2 Å². The Morgan fingerprint density at radius 3 is 2.90 bits per heavy atom. The second-order valence-corrected chi connectivity index (χ2v) is 9.43. The van der Waals surface area contributed by atoms with Crippen molar-refractivity contribution in [1.82, 2.24) is 9.29 Å². The van der Waals surface area contributed by atoms with Crippen LogP contribution in [0.4, 0.5) is 5.82 Å². The van der Waals surface area contributed by atoms with Crippen LogP contribution in [0, 0.1) is 0 Å². The lowest BCUT2D eigenvalue weighted by molar-refractivity contribution is 0.387. The molecule has 2 rings (SSSR count). The van der Waals surface area contributed by atoms with Crippen molar-refractivity contribution in [3.05, 3.63) is 18.3 Å². The summed E-state index contributed by atoms with van der Waals surface area (Å²) in [5.41, 5.74) is 0. The Kier molecular flexibility index (Phi) is 5.16. The molecular formula is C14H23N3O2S2. The summed E-state index contributed by atoms with van der Waals surface area (Å²) in [6, 6.07) is 3.31. The highest BCUT2D eigenvalue weighted by molar-refractivity contribution is 8.00. The van der Waals surface area contributed by atoms with Crippen molar-refractivity contribution >= 4 is 27.6 Å². The van der Waals surface area contributed by atoms with Gasteiger partial charge in [-0.05, 0) is 32.4 Å². The Morgan fingerprint density at radius 2 is 2.24 bits per heavy atom. The van der Waals surface area contributed by atoms with Gasteiger partial charge in [0.15, 0.2) is 0 Å². The van der Waals surface area contributed by atoms with Crippen LogP contribution in [0.3, 0.4) is 0 Å². The maximum Gasteiger partial charge on any atom is 0.246 e. The minimum Gasteiger partial charge on any atom is -0.369 e. The van der Waals surface area contributed by atoms with Crippen molar-refractivity contribution in [1.29, 1.82) is 0 Å². The van der Waals surface area contributed by atoms with Crippen LogP contribution in [0.5, 0.6) is 0 Å². The summed E-state index contributed by atoms with van der Waals surface area (Å²) in [7, 11) is -3.50. The molecule has 0 spiro atoms. The van der Waals surface area contributed by atoms with Crippen molar-refractivity contribution < 1.29 is 8.42 Å². The van der Waals surface area contributed by atoms with Gasteiger partial charge in [-0.1, -0.05) is 6.92 Å². The number of aromatic nitrogens is 1. The fraction of sp³-hybridized carbons (Fsp3) is 0.643. The molecular weight excluding hydrogens is 306 g/mol. The zero-order valence-corrected chi connectivity index (χ0v) is 14.4. The third-order valence-corrected chi connectivity index (χ3v) is 6.50. The van der Waals surface area contributed by atoms with Crippen LogP contribution in [-0.4, -0.2) is 47.8 Å². The molecule has 0 aliphatic carbocycles. The highest BCUT2D eigenvalue weighted by atomic mass is 32.2. The minimum absolute atomic E-state index is 0.0511. The molecule has 7 heteroatoms. The first-order valence-corrected chi connectivity index (χ1v) is 9.62. The number of pyridine rings is 1. The van der Waals surface area contributed by atoms with E-state index >= 15 is 0 Å². The molecule has 0 aromatic carbocycles. The van der Waals surface area contributed by atoms with Crippen LogP contribution in [0.2, 0.25) is 0 Å². The summed E-state index contributed by atoms with van der Waals surface area (Å²) >= 11 is 1.82. The summed E-state index contributed by atoms with van der Waals surface area (Å²) in [5.74, 6) is 1.28. The first kappa shape index (κ1) is 16.6. The lowest BCUT2D eigenvalue weighted by Gasteiger charge is -2.36. The molecule has 0 bridgehead atoms. The van der Waals surface area contributed by atoms with E-state index in [9.17, 15) is 8.42 Å². The van der Waals surface area contributed by atoms with Crippen LogP contribution in [0.15, 0.2) is 23.2 Å². The fourth-order valence-electron chi connectivity index (χ4n) is 2.29. The lowest BCUT2D eigenvalue weighted by atomic mass is 10.2. The normalized spacial score (nSPS) is 19.4. The minimum atomic E-state index is -3.50. The third kappa shape index (κ3) is 3.90. The number of hydrogen-bond donors (Lipinski definition) is 1. The summed E-state index contributed by atoms with van der Waals surface area (Å²) in [6.45, 7) is 7.99. The first-order valence-electron chi connectivity index (χ1n) is 7.20. The molecule has 1 fully saturated rings. The Labute approximate surface area is 131 Å². The smallest absolute Gasteiger partial charge is 0.246 e. The quantitative estimate of drug-likeness (QED) is 0.899. The fourth-order valence-corrected chi connectivity index (χ4v) is 5.32. The number of sulfonamides is 1. The first-order chi connectivity index (χ1) is 9.87. The number of rotatable bonds is 5. The van der Waals surface area contributed by atoms with Gasteiger partial charge in [0.2, 0.25) is 10.0 Å². The van der Waals surface area contributed by atoms with Gasteiger partial charge in [0.1, 0.15) is 10.7 Å². The molecule has 1 aliphatic heterocycles. The highest BCUT2D eigenvalue weighted by Crippen LogP contribution is 2.33. The van der Waals surface area contributed by atoms with Gasteiger partial charge in [-0.25, -0.2) is 13.4 Å². The van der Waals surface area contributed by atoms with E-state index in [4.69, 9.17) is 0 Å². The maximum absolute atomic E-state index is 12.9. The van der Waals surface area contributed by atoms with E-state index in [1.807, 2.05) is 18.7 Å². The second-order valence-electron chi connectivity index (χ2n) is 5.72. The van der Waals surface area contributed by atoms with Crippen LogP contribution in [0.25, 0.3) is 0 Å². The second kappa shape index (κ2) is 6.54. The van der Waals surface area contributed by atoms with Gasteiger partial charge in [-0.15, -0.1) is 0 Å². The Morgan fingerprint density at radius 1 is 1.48 bits per heavy atom. The maximum atomic E-state index is 12.9. The van der Waals surface area contributed by atoms with Crippen LogP contribution in [-0.2, 0) is 10.0 Å². The Balaban J connectivity index is 2.31. The van der Waals surface area contributed by atoms with E-state index in [-0.39, 0.29) is 9.64 Å². The highest BCUT2D eigenvalue weighted by Gasteiger charge is 2.35. The number of hydrogen-bond acceptors (Lipinski definition) is 5. The van der Waals surface area contributed by atoms with Crippen LogP contribution in [0.1, 0.15) is 27.2 Å². The number of nitrogens with one attached hydrogen (secondary N) is 1. The largest absolute Gasteiger partial charge is 0.369 e. The standard InChI is InChI=1S/C14H23N3O2S2/c1-4-7-15-13-12(6-5-8-16-13)21(18,19)17-9-10-20-14(2,3)11-17/h5-6,8H,4,7,9-11H2,1-3H3,(H,15,16).